The Balaban J connectivity index is 1.80. The van der Waals surface area contributed by atoms with E-state index in [-0.39, 0.29) is 0 Å². The predicted octanol–water partition coefficient (Wildman–Crippen LogP) is 1.49. The van der Waals surface area contributed by atoms with Crippen LogP contribution < -0.4 is 10.2 Å². The molecule has 2 heterocycles. The third-order valence-corrected chi connectivity index (χ3v) is 3.12. The Morgan fingerprint density at radius 1 is 1.06 bits per heavy atom. The van der Waals surface area contributed by atoms with E-state index < -0.39 is 0 Å². The van der Waals surface area contributed by atoms with Gasteiger partial charge in [-0.15, -0.1) is 0 Å². The van der Waals surface area contributed by atoms with Gasteiger partial charge >= 0.3 is 0 Å². The summed E-state index contributed by atoms with van der Waals surface area (Å²) in [7, 11) is 0. The molecule has 1 aliphatic rings. The molecule has 4 heteroatoms. The van der Waals surface area contributed by atoms with E-state index >= 15 is 0 Å². The fourth-order valence-corrected chi connectivity index (χ4v) is 2.18. The number of aromatic nitrogens is 2. The first-order valence-electron chi connectivity index (χ1n) is 5.99. The third kappa shape index (κ3) is 2.17. The summed E-state index contributed by atoms with van der Waals surface area (Å²) in [5.41, 5.74) is 2.43. The van der Waals surface area contributed by atoms with Crippen LogP contribution >= 0.6 is 0 Å². The van der Waals surface area contributed by atoms with E-state index in [9.17, 15) is 0 Å². The van der Waals surface area contributed by atoms with Gasteiger partial charge in [0.05, 0.1) is 0 Å². The summed E-state index contributed by atoms with van der Waals surface area (Å²) in [6, 6.07) is 8.58. The molecule has 1 fully saturated rings. The van der Waals surface area contributed by atoms with Crippen molar-refractivity contribution >= 4 is 5.69 Å². The standard InChI is InChI=1S/C13H16N4/c1-3-12(17-9-7-14-8-10-17)4-2-11(1)13-15-5-6-16-13/h1-6,14H,7-10H2,(H,15,16). The van der Waals surface area contributed by atoms with Gasteiger partial charge in [-0.2, -0.15) is 0 Å². The first-order chi connectivity index (χ1) is 8.43. The quantitative estimate of drug-likeness (QED) is 0.818. The number of piperazine rings is 1. The van der Waals surface area contributed by atoms with Crippen LogP contribution in [-0.2, 0) is 0 Å². The molecule has 4 nitrogen and oxygen atoms in total. The topological polar surface area (TPSA) is 44.0 Å². The summed E-state index contributed by atoms with van der Waals surface area (Å²) in [6.45, 7) is 4.31. The van der Waals surface area contributed by atoms with Crippen LogP contribution in [0.3, 0.4) is 0 Å². The Labute approximate surface area is 101 Å². The number of nitrogens with one attached hydrogen (secondary N) is 2. The molecule has 1 aromatic carbocycles. The number of hydrogen-bond donors (Lipinski definition) is 2. The molecule has 3 rings (SSSR count). The van der Waals surface area contributed by atoms with Gasteiger partial charge in [-0.1, -0.05) is 0 Å². The molecule has 2 aromatic rings. The highest BCUT2D eigenvalue weighted by molar-refractivity contribution is 5.60. The van der Waals surface area contributed by atoms with Gasteiger partial charge in [0.2, 0.25) is 0 Å². The van der Waals surface area contributed by atoms with E-state index in [4.69, 9.17) is 0 Å². The monoisotopic (exact) mass is 228 g/mol. The van der Waals surface area contributed by atoms with E-state index in [1.807, 2.05) is 6.20 Å². The number of rotatable bonds is 2. The van der Waals surface area contributed by atoms with Crippen molar-refractivity contribution in [3.05, 3.63) is 36.7 Å². The van der Waals surface area contributed by atoms with E-state index in [1.54, 1.807) is 6.20 Å². The van der Waals surface area contributed by atoms with Crippen molar-refractivity contribution in [2.75, 3.05) is 31.1 Å². The van der Waals surface area contributed by atoms with Crippen molar-refractivity contribution in [3.63, 3.8) is 0 Å². The average Bonchev–Trinajstić information content (AvgIpc) is 2.94. The number of benzene rings is 1. The van der Waals surface area contributed by atoms with E-state index in [2.05, 4.69) is 44.5 Å². The van der Waals surface area contributed by atoms with Gasteiger partial charge < -0.3 is 15.2 Å². The summed E-state index contributed by atoms with van der Waals surface area (Å²) in [4.78, 5) is 9.77. The smallest absolute Gasteiger partial charge is 0.137 e. The van der Waals surface area contributed by atoms with E-state index in [1.165, 1.54) is 5.69 Å². The van der Waals surface area contributed by atoms with Crippen molar-refractivity contribution in [1.82, 2.24) is 15.3 Å². The lowest BCUT2D eigenvalue weighted by Gasteiger charge is -2.29. The molecule has 88 valence electrons. The molecule has 1 aliphatic heterocycles. The first kappa shape index (κ1) is 10.4. The van der Waals surface area contributed by atoms with Gasteiger partial charge in [0.25, 0.3) is 0 Å². The lowest BCUT2D eigenvalue weighted by Crippen LogP contribution is -2.43. The Bertz CT molecular complexity index is 455. The summed E-state index contributed by atoms with van der Waals surface area (Å²) in [5, 5.41) is 3.36. The second-order valence-electron chi connectivity index (χ2n) is 4.22. The highest BCUT2D eigenvalue weighted by Gasteiger charge is 2.10. The maximum absolute atomic E-state index is 4.25. The largest absolute Gasteiger partial charge is 0.369 e. The molecule has 0 unspecified atom stereocenters. The minimum Gasteiger partial charge on any atom is -0.369 e. The van der Waals surface area contributed by atoms with Gasteiger partial charge in [0.1, 0.15) is 5.82 Å². The van der Waals surface area contributed by atoms with E-state index in [0.717, 1.165) is 37.6 Å². The Kier molecular flexibility index (Phi) is 2.80. The van der Waals surface area contributed by atoms with Crippen molar-refractivity contribution in [2.24, 2.45) is 0 Å². The average molecular weight is 228 g/mol. The molecule has 0 spiro atoms. The van der Waals surface area contributed by atoms with Gasteiger partial charge in [-0.3, -0.25) is 0 Å². The summed E-state index contributed by atoms with van der Waals surface area (Å²) >= 11 is 0. The molecular weight excluding hydrogens is 212 g/mol. The number of aromatic amines is 1. The maximum atomic E-state index is 4.25. The van der Waals surface area contributed by atoms with Crippen LogP contribution in [0.2, 0.25) is 0 Å². The van der Waals surface area contributed by atoms with Crippen LogP contribution in [0.25, 0.3) is 11.4 Å². The van der Waals surface area contributed by atoms with Crippen LogP contribution in [0.1, 0.15) is 0 Å². The molecular formula is C13H16N4. The fraction of sp³-hybridized carbons (Fsp3) is 0.308. The molecule has 1 aromatic heterocycles. The molecule has 0 saturated carbocycles. The Morgan fingerprint density at radius 3 is 2.47 bits per heavy atom. The zero-order chi connectivity index (χ0) is 11.5. The normalized spacial score (nSPS) is 16.1. The SMILES string of the molecule is c1c[nH]c(-c2ccc(N3CCNCC3)cc2)n1. The zero-order valence-electron chi connectivity index (χ0n) is 9.69. The number of H-pyrrole nitrogens is 1. The highest BCUT2D eigenvalue weighted by atomic mass is 15.2. The molecule has 0 amide bonds. The van der Waals surface area contributed by atoms with E-state index in [0.29, 0.717) is 0 Å². The molecule has 2 N–H and O–H groups in total. The van der Waals surface area contributed by atoms with Crippen molar-refractivity contribution < 1.29 is 0 Å². The first-order valence-corrected chi connectivity index (χ1v) is 5.99. The molecule has 1 saturated heterocycles. The van der Waals surface area contributed by atoms with Gasteiger partial charge in [0.15, 0.2) is 0 Å². The molecule has 0 aliphatic carbocycles. The van der Waals surface area contributed by atoms with Crippen LogP contribution in [0.15, 0.2) is 36.7 Å². The second kappa shape index (κ2) is 4.59. The zero-order valence-corrected chi connectivity index (χ0v) is 9.69. The van der Waals surface area contributed by atoms with Crippen molar-refractivity contribution in [2.45, 2.75) is 0 Å². The lowest BCUT2D eigenvalue weighted by molar-refractivity contribution is 0.589. The number of imidazole rings is 1. The molecule has 0 radical (unpaired) electrons. The summed E-state index contributed by atoms with van der Waals surface area (Å²) < 4.78 is 0. The molecule has 17 heavy (non-hydrogen) atoms. The third-order valence-electron chi connectivity index (χ3n) is 3.12. The molecule has 0 atom stereocenters. The predicted molar refractivity (Wildman–Crippen MR) is 69.1 cm³/mol. The second-order valence-corrected chi connectivity index (χ2v) is 4.22. The van der Waals surface area contributed by atoms with Gasteiger partial charge in [0, 0.05) is 49.8 Å². The minimum atomic E-state index is 0.928. The molecule has 0 bridgehead atoms. The summed E-state index contributed by atoms with van der Waals surface area (Å²) in [6.07, 6.45) is 3.62. The lowest BCUT2D eigenvalue weighted by atomic mass is 10.1. The Morgan fingerprint density at radius 2 is 1.82 bits per heavy atom. The van der Waals surface area contributed by atoms with Crippen LogP contribution in [0.5, 0.6) is 0 Å². The van der Waals surface area contributed by atoms with Crippen LogP contribution in [0, 0.1) is 0 Å². The number of hydrogen-bond acceptors (Lipinski definition) is 3. The van der Waals surface area contributed by atoms with Gasteiger partial charge in [-0.25, -0.2) is 4.98 Å². The highest BCUT2D eigenvalue weighted by Crippen LogP contribution is 2.20. The fourth-order valence-electron chi connectivity index (χ4n) is 2.18. The van der Waals surface area contributed by atoms with Crippen molar-refractivity contribution in [3.8, 4) is 11.4 Å². The number of nitrogens with zero attached hydrogens (tertiary/aromatic N) is 2. The number of anilines is 1. The van der Waals surface area contributed by atoms with Gasteiger partial charge in [-0.05, 0) is 24.3 Å². The minimum absolute atomic E-state index is 0.928. The van der Waals surface area contributed by atoms with Crippen molar-refractivity contribution in [1.29, 1.82) is 0 Å². The Hall–Kier alpha value is -1.81. The maximum Gasteiger partial charge on any atom is 0.137 e. The van der Waals surface area contributed by atoms with Crippen LogP contribution in [0.4, 0.5) is 5.69 Å². The van der Waals surface area contributed by atoms with Crippen LogP contribution in [-0.4, -0.2) is 36.1 Å². The summed E-state index contributed by atoms with van der Waals surface area (Å²) in [5.74, 6) is 0.928.